The second-order valence-electron chi connectivity index (χ2n) is 18.0. The highest BCUT2D eigenvalue weighted by molar-refractivity contribution is 6.27. The molecule has 0 radical (unpaired) electrons. The Morgan fingerprint density at radius 1 is 0.235 bits per heavy atom. The van der Waals surface area contributed by atoms with Gasteiger partial charge >= 0.3 is 0 Å². The SMILES string of the molecule is C1=Cc2ccccc2N(c2ccc3c(-c4cc5ccccc5c5ccccc45)c4cc(N5c6ccccc6C=Cc6ccccc65)ccc4c(-c4ccc5ccccc5c4)c3c2)c2ccccc21. The van der Waals surface area contributed by atoms with Gasteiger partial charge in [0.15, 0.2) is 0 Å². The molecule has 0 fully saturated rings. The van der Waals surface area contributed by atoms with Crippen LogP contribution in [0.1, 0.15) is 22.3 Å². The van der Waals surface area contributed by atoms with Crippen molar-refractivity contribution in [1.29, 1.82) is 0 Å². The van der Waals surface area contributed by atoms with E-state index in [9.17, 15) is 0 Å². The van der Waals surface area contributed by atoms with Crippen LogP contribution in [0, 0.1) is 0 Å². The standard InChI is InChI=1S/C66H42N2/c1-2-20-48-39-50(34-29-43(48)15-1)65-56-37-35-52(68-63-27-13-6-18-46(63)32-33-47-19-7-14-28-64(47)68)42-60(56)66(58-40-49-21-3-8-22-53(49)54-23-9-10-24-55(54)58)57-38-36-51(41-59(57)65)67-61-25-11-4-16-44(61)30-31-45-17-5-12-26-62(45)67/h1-42H. The summed E-state index contributed by atoms with van der Waals surface area (Å²) in [5, 5.41) is 12.2. The minimum atomic E-state index is 1.11. The van der Waals surface area contributed by atoms with Crippen molar-refractivity contribution in [3.63, 3.8) is 0 Å². The highest BCUT2D eigenvalue weighted by atomic mass is 15.2. The van der Waals surface area contributed by atoms with Gasteiger partial charge in [-0.15, -0.1) is 0 Å². The number of nitrogens with zero attached hydrogens (tertiary/aromatic N) is 2. The Kier molecular flexibility index (Phi) is 8.62. The quantitative estimate of drug-likeness (QED) is 0.128. The molecule has 2 aliphatic heterocycles. The third-order valence-electron chi connectivity index (χ3n) is 14.3. The summed E-state index contributed by atoms with van der Waals surface area (Å²) < 4.78 is 0. The fourth-order valence-electron chi connectivity index (χ4n) is 11.2. The van der Waals surface area contributed by atoms with Crippen molar-refractivity contribution in [3.8, 4) is 22.3 Å². The molecule has 0 aliphatic carbocycles. The smallest absolute Gasteiger partial charge is 0.0534 e. The van der Waals surface area contributed by atoms with Crippen molar-refractivity contribution < 1.29 is 0 Å². The maximum absolute atomic E-state index is 2.47. The molecule has 0 N–H and O–H groups in total. The summed E-state index contributed by atoms with van der Waals surface area (Å²) in [6.45, 7) is 0. The van der Waals surface area contributed by atoms with Crippen LogP contribution in [-0.4, -0.2) is 0 Å². The average molecular weight is 863 g/mol. The predicted octanol–water partition coefficient (Wildman–Crippen LogP) is 18.7. The fourth-order valence-corrected chi connectivity index (χ4v) is 11.2. The molecular weight excluding hydrogens is 821 g/mol. The van der Waals surface area contributed by atoms with Crippen molar-refractivity contribution in [3.05, 3.63) is 253 Å². The highest BCUT2D eigenvalue weighted by Gasteiger charge is 2.26. The van der Waals surface area contributed by atoms with Crippen molar-refractivity contribution in [2.45, 2.75) is 0 Å². The molecule has 0 saturated carbocycles. The summed E-state index contributed by atoms with van der Waals surface area (Å²) in [6.07, 6.45) is 9.01. The van der Waals surface area contributed by atoms with Crippen LogP contribution < -0.4 is 9.80 Å². The van der Waals surface area contributed by atoms with Crippen LogP contribution in [0.25, 0.3) is 100 Å². The van der Waals surface area contributed by atoms with Crippen molar-refractivity contribution in [2.24, 2.45) is 0 Å². The predicted molar refractivity (Wildman–Crippen MR) is 292 cm³/mol. The second-order valence-corrected chi connectivity index (χ2v) is 18.0. The van der Waals surface area contributed by atoms with E-state index in [0.29, 0.717) is 0 Å². The van der Waals surface area contributed by atoms with Crippen molar-refractivity contribution in [2.75, 3.05) is 9.80 Å². The minimum absolute atomic E-state index is 1.11. The van der Waals surface area contributed by atoms with Crippen LogP contribution in [0.5, 0.6) is 0 Å². The second kappa shape index (κ2) is 15.3. The van der Waals surface area contributed by atoms with Crippen LogP contribution in [-0.2, 0) is 0 Å². The van der Waals surface area contributed by atoms with Gasteiger partial charge in [0.25, 0.3) is 0 Å². The number of hydrogen-bond donors (Lipinski definition) is 0. The van der Waals surface area contributed by atoms with Gasteiger partial charge in [0, 0.05) is 11.4 Å². The third kappa shape index (κ3) is 5.98. The Morgan fingerprint density at radius 2 is 0.662 bits per heavy atom. The van der Waals surface area contributed by atoms with Gasteiger partial charge in [-0.2, -0.15) is 0 Å². The molecule has 12 aromatic rings. The molecule has 0 unspecified atom stereocenters. The topological polar surface area (TPSA) is 6.48 Å². The lowest BCUT2D eigenvalue weighted by atomic mass is 9.83. The zero-order valence-corrected chi connectivity index (χ0v) is 37.1. The zero-order chi connectivity index (χ0) is 44.7. The largest absolute Gasteiger partial charge is 0.309 e. The van der Waals surface area contributed by atoms with E-state index < -0.39 is 0 Å². The van der Waals surface area contributed by atoms with E-state index in [1.807, 2.05) is 0 Å². The van der Waals surface area contributed by atoms with Gasteiger partial charge in [-0.25, -0.2) is 0 Å². The first kappa shape index (κ1) is 38.3. The van der Waals surface area contributed by atoms with E-state index in [4.69, 9.17) is 0 Å². The van der Waals surface area contributed by atoms with E-state index in [2.05, 4.69) is 265 Å². The Morgan fingerprint density at radius 3 is 1.22 bits per heavy atom. The van der Waals surface area contributed by atoms with Crippen LogP contribution >= 0.6 is 0 Å². The maximum Gasteiger partial charge on any atom is 0.0534 e. The van der Waals surface area contributed by atoms with E-state index in [1.165, 1.54) is 98.4 Å². The molecule has 14 rings (SSSR count). The highest BCUT2D eigenvalue weighted by Crippen LogP contribution is 2.52. The molecule has 0 spiro atoms. The van der Waals surface area contributed by atoms with E-state index in [-0.39, 0.29) is 0 Å². The lowest BCUT2D eigenvalue weighted by molar-refractivity contribution is 1.28. The number of benzene rings is 12. The number of rotatable bonds is 4. The molecule has 0 saturated heterocycles. The van der Waals surface area contributed by atoms with E-state index in [1.54, 1.807) is 0 Å². The zero-order valence-electron chi connectivity index (χ0n) is 37.1. The Bertz CT molecular complexity index is 4020. The van der Waals surface area contributed by atoms with Gasteiger partial charge in [0.2, 0.25) is 0 Å². The molecule has 2 aliphatic rings. The Labute approximate surface area is 395 Å². The normalized spacial score (nSPS) is 12.8. The molecule has 2 nitrogen and oxygen atoms in total. The lowest BCUT2D eigenvalue weighted by Crippen LogP contribution is -2.12. The molecule has 2 heteroatoms. The summed E-state index contributed by atoms with van der Waals surface area (Å²) >= 11 is 0. The third-order valence-corrected chi connectivity index (χ3v) is 14.3. The number of hydrogen-bond acceptors (Lipinski definition) is 2. The molecule has 316 valence electrons. The molecule has 2 heterocycles. The van der Waals surface area contributed by atoms with Gasteiger partial charge in [0.1, 0.15) is 0 Å². The van der Waals surface area contributed by atoms with Crippen LogP contribution in [0.3, 0.4) is 0 Å². The summed E-state index contributed by atoms with van der Waals surface area (Å²) in [5.41, 5.74) is 16.4. The monoisotopic (exact) mass is 862 g/mol. The molecule has 12 aromatic carbocycles. The summed E-state index contributed by atoms with van der Waals surface area (Å²) in [6, 6.07) is 85.5. The van der Waals surface area contributed by atoms with Crippen LogP contribution in [0.4, 0.5) is 34.1 Å². The fraction of sp³-hybridized carbons (Fsp3) is 0. The molecule has 0 bridgehead atoms. The van der Waals surface area contributed by atoms with Gasteiger partial charge in [-0.3, -0.25) is 0 Å². The van der Waals surface area contributed by atoms with Crippen LogP contribution in [0.15, 0.2) is 231 Å². The number of anilines is 6. The van der Waals surface area contributed by atoms with E-state index >= 15 is 0 Å². The first-order chi connectivity index (χ1) is 33.7. The van der Waals surface area contributed by atoms with Crippen molar-refractivity contribution >= 4 is 112 Å². The lowest BCUT2D eigenvalue weighted by Gasteiger charge is -2.29. The Balaban J connectivity index is 1.15. The Hall–Kier alpha value is -8.98. The maximum atomic E-state index is 2.47. The van der Waals surface area contributed by atoms with Gasteiger partial charge in [-0.05, 0) is 159 Å². The van der Waals surface area contributed by atoms with Gasteiger partial charge < -0.3 is 9.80 Å². The molecule has 68 heavy (non-hydrogen) atoms. The molecule has 0 amide bonds. The molecular formula is C66H42N2. The summed E-state index contributed by atoms with van der Waals surface area (Å²) in [5.74, 6) is 0. The van der Waals surface area contributed by atoms with E-state index in [0.717, 1.165) is 34.1 Å². The van der Waals surface area contributed by atoms with Crippen molar-refractivity contribution in [1.82, 2.24) is 0 Å². The molecule has 0 aromatic heterocycles. The average Bonchev–Trinajstić information content (AvgIpc) is 3.68. The number of fused-ring (bicyclic) bond motifs is 10. The summed E-state index contributed by atoms with van der Waals surface area (Å²) in [4.78, 5) is 4.91. The van der Waals surface area contributed by atoms with Gasteiger partial charge in [-0.1, -0.05) is 194 Å². The first-order valence-corrected chi connectivity index (χ1v) is 23.5. The van der Waals surface area contributed by atoms with Crippen LogP contribution in [0.2, 0.25) is 0 Å². The minimum Gasteiger partial charge on any atom is -0.309 e. The van der Waals surface area contributed by atoms with Gasteiger partial charge in [0.05, 0.1) is 22.7 Å². The summed E-state index contributed by atoms with van der Waals surface area (Å²) in [7, 11) is 0. The molecule has 0 atom stereocenters. The first-order valence-electron chi connectivity index (χ1n) is 23.5. The number of para-hydroxylation sites is 4.